The van der Waals surface area contributed by atoms with E-state index in [0.29, 0.717) is 17.8 Å². The highest BCUT2D eigenvalue weighted by Gasteiger charge is 2.32. The number of benzene rings is 3. The van der Waals surface area contributed by atoms with Crippen LogP contribution in [0.25, 0.3) is 11.3 Å². The summed E-state index contributed by atoms with van der Waals surface area (Å²) in [7, 11) is -4.17. The molecule has 1 heterocycles. The van der Waals surface area contributed by atoms with Crippen LogP contribution in [0.2, 0.25) is 0 Å². The van der Waals surface area contributed by atoms with E-state index in [0.717, 1.165) is 33.0 Å². The first-order chi connectivity index (χ1) is 16.9. The van der Waals surface area contributed by atoms with Crippen molar-refractivity contribution in [3.05, 3.63) is 93.3 Å². The number of alkyl halides is 3. The normalized spacial score (nSPS) is 11.8. The molecule has 36 heavy (non-hydrogen) atoms. The van der Waals surface area contributed by atoms with E-state index in [1.54, 1.807) is 24.4 Å². The van der Waals surface area contributed by atoms with Crippen molar-refractivity contribution in [2.75, 3.05) is 10.0 Å². The fourth-order valence-corrected chi connectivity index (χ4v) is 5.23. The minimum atomic E-state index is -4.74. The van der Waals surface area contributed by atoms with Gasteiger partial charge in [0.1, 0.15) is 0 Å². The van der Waals surface area contributed by atoms with E-state index < -0.39 is 33.2 Å². The lowest BCUT2D eigenvalue weighted by Gasteiger charge is -2.15. The Balaban J connectivity index is 1.65. The number of thiazole rings is 1. The topological polar surface area (TPSA) is 88.2 Å². The van der Waals surface area contributed by atoms with Crippen LogP contribution in [-0.4, -0.2) is 19.3 Å². The molecule has 2 N–H and O–H groups in total. The van der Waals surface area contributed by atoms with Crippen LogP contribution in [0.3, 0.4) is 0 Å². The molecule has 0 aliphatic heterocycles. The Morgan fingerprint density at radius 2 is 1.67 bits per heavy atom. The monoisotopic (exact) mass is 595 g/mol. The summed E-state index contributed by atoms with van der Waals surface area (Å²) in [6, 6.07) is 15.4. The fraction of sp³-hybridized carbons (Fsp3) is 0.0833. The number of nitrogens with zero attached hydrogens (tertiary/aromatic N) is 1. The molecule has 186 valence electrons. The molecule has 0 spiro atoms. The van der Waals surface area contributed by atoms with Gasteiger partial charge in [-0.1, -0.05) is 45.8 Å². The number of anilines is 2. The largest absolute Gasteiger partial charge is 0.416 e. The van der Waals surface area contributed by atoms with Gasteiger partial charge in [-0.05, 0) is 49.4 Å². The number of rotatable bonds is 6. The van der Waals surface area contributed by atoms with Gasteiger partial charge in [-0.15, -0.1) is 11.3 Å². The zero-order valence-corrected chi connectivity index (χ0v) is 21.6. The van der Waals surface area contributed by atoms with Crippen molar-refractivity contribution in [1.29, 1.82) is 0 Å². The quantitative estimate of drug-likeness (QED) is 0.252. The van der Waals surface area contributed by atoms with Gasteiger partial charge in [0.25, 0.3) is 15.9 Å². The third kappa shape index (κ3) is 5.94. The molecule has 0 saturated carbocycles. The van der Waals surface area contributed by atoms with E-state index in [2.05, 4.69) is 31.0 Å². The standard InChI is InChI=1S/C24H17BrF3N3O3S2/c1-14-2-9-18(10-3-14)36(33,34)31-20-11-6-16(24(26,27)28)12-19(20)22(32)30-23-29-21(13-35-23)15-4-7-17(25)8-5-15/h2-13,31H,1H3,(H,29,30,32). The Hall–Kier alpha value is -3.22. The summed E-state index contributed by atoms with van der Waals surface area (Å²) in [5.41, 5.74) is 0.273. The first-order valence-corrected chi connectivity index (χ1v) is 13.4. The Bertz CT molecular complexity index is 1520. The molecule has 0 aliphatic carbocycles. The molecule has 1 aromatic heterocycles. The number of carbonyl (C=O) groups excluding carboxylic acids is 1. The molecule has 0 unspecified atom stereocenters. The van der Waals surface area contributed by atoms with Gasteiger partial charge in [0.15, 0.2) is 5.13 Å². The molecule has 0 atom stereocenters. The summed E-state index contributed by atoms with van der Waals surface area (Å²) in [5, 5.41) is 4.30. The van der Waals surface area contributed by atoms with Crippen molar-refractivity contribution in [2.45, 2.75) is 18.0 Å². The highest BCUT2D eigenvalue weighted by molar-refractivity contribution is 9.10. The van der Waals surface area contributed by atoms with Crippen molar-refractivity contribution in [3.63, 3.8) is 0 Å². The molecule has 4 rings (SSSR count). The van der Waals surface area contributed by atoms with Gasteiger partial charge in [0.2, 0.25) is 0 Å². The van der Waals surface area contributed by atoms with E-state index in [4.69, 9.17) is 0 Å². The van der Waals surface area contributed by atoms with Gasteiger partial charge in [-0.3, -0.25) is 14.8 Å². The lowest BCUT2D eigenvalue weighted by atomic mass is 10.1. The van der Waals surface area contributed by atoms with Crippen molar-refractivity contribution >= 4 is 54.0 Å². The smallest absolute Gasteiger partial charge is 0.298 e. The predicted molar refractivity (Wildman–Crippen MR) is 137 cm³/mol. The van der Waals surface area contributed by atoms with Crippen LogP contribution in [0, 0.1) is 6.92 Å². The van der Waals surface area contributed by atoms with Gasteiger partial charge in [-0.25, -0.2) is 13.4 Å². The van der Waals surface area contributed by atoms with E-state index in [1.807, 2.05) is 24.3 Å². The predicted octanol–water partition coefficient (Wildman–Crippen LogP) is 6.95. The third-order valence-electron chi connectivity index (χ3n) is 5.03. The molecule has 6 nitrogen and oxygen atoms in total. The summed E-state index contributed by atoms with van der Waals surface area (Å²) in [4.78, 5) is 17.2. The summed E-state index contributed by atoms with van der Waals surface area (Å²) >= 11 is 4.43. The second-order valence-electron chi connectivity index (χ2n) is 7.68. The number of nitrogens with one attached hydrogen (secondary N) is 2. The molecule has 1 amide bonds. The van der Waals surface area contributed by atoms with Gasteiger partial charge in [0, 0.05) is 15.4 Å². The fourth-order valence-electron chi connectivity index (χ4n) is 3.17. The van der Waals surface area contributed by atoms with Crippen LogP contribution >= 0.6 is 27.3 Å². The summed E-state index contributed by atoms with van der Waals surface area (Å²) in [6.45, 7) is 1.78. The molecule has 0 fully saturated rings. The van der Waals surface area contributed by atoms with E-state index in [1.165, 1.54) is 12.1 Å². The average molecular weight is 596 g/mol. The van der Waals surface area contributed by atoms with Crippen LogP contribution in [0.4, 0.5) is 24.0 Å². The zero-order chi connectivity index (χ0) is 26.1. The average Bonchev–Trinajstić information content (AvgIpc) is 3.27. The Kier molecular flexibility index (Phi) is 7.21. The van der Waals surface area contributed by atoms with Crippen molar-refractivity contribution in [2.24, 2.45) is 0 Å². The first-order valence-electron chi connectivity index (χ1n) is 10.3. The minimum Gasteiger partial charge on any atom is -0.298 e. The third-order valence-corrected chi connectivity index (χ3v) is 7.70. The highest BCUT2D eigenvalue weighted by Crippen LogP contribution is 2.33. The second kappa shape index (κ2) is 10.0. The summed E-state index contributed by atoms with van der Waals surface area (Å²) < 4.78 is 68.9. The maximum atomic E-state index is 13.4. The number of carbonyl (C=O) groups is 1. The second-order valence-corrected chi connectivity index (χ2v) is 11.1. The molecule has 0 bridgehead atoms. The lowest BCUT2D eigenvalue weighted by Crippen LogP contribution is -2.20. The van der Waals surface area contributed by atoms with Gasteiger partial charge < -0.3 is 0 Å². The van der Waals surface area contributed by atoms with Gasteiger partial charge in [-0.2, -0.15) is 13.2 Å². The Morgan fingerprint density at radius 1 is 1.00 bits per heavy atom. The van der Waals surface area contributed by atoms with Gasteiger partial charge >= 0.3 is 6.18 Å². The Morgan fingerprint density at radius 3 is 2.31 bits per heavy atom. The summed E-state index contributed by atoms with van der Waals surface area (Å²) in [5.74, 6) is -0.945. The number of halogens is 4. The number of sulfonamides is 1. The maximum absolute atomic E-state index is 13.4. The molecule has 12 heteroatoms. The van der Waals surface area contributed by atoms with Crippen LogP contribution in [0.1, 0.15) is 21.5 Å². The number of hydrogen-bond acceptors (Lipinski definition) is 5. The molecule has 3 aromatic carbocycles. The van der Waals surface area contributed by atoms with Crippen LogP contribution in [0.5, 0.6) is 0 Å². The van der Waals surface area contributed by atoms with E-state index in [9.17, 15) is 26.4 Å². The SMILES string of the molecule is Cc1ccc(S(=O)(=O)Nc2ccc(C(F)(F)F)cc2C(=O)Nc2nc(-c3ccc(Br)cc3)cs2)cc1. The number of aryl methyl sites for hydroxylation is 1. The molecular formula is C24H17BrF3N3O3S2. The van der Waals surface area contributed by atoms with Gasteiger partial charge in [0.05, 0.1) is 27.4 Å². The molecule has 0 radical (unpaired) electrons. The van der Waals surface area contributed by atoms with Crippen LogP contribution in [-0.2, 0) is 16.2 Å². The van der Waals surface area contributed by atoms with Crippen molar-refractivity contribution in [1.82, 2.24) is 4.98 Å². The lowest BCUT2D eigenvalue weighted by molar-refractivity contribution is -0.137. The maximum Gasteiger partial charge on any atom is 0.416 e. The Labute approximate surface area is 217 Å². The molecular weight excluding hydrogens is 579 g/mol. The van der Waals surface area contributed by atoms with E-state index in [-0.39, 0.29) is 15.7 Å². The number of amides is 1. The van der Waals surface area contributed by atoms with Crippen molar-refractivity contribution in [3.8, 4) is 11.3 Å². The molecule has 0 saturated heterocycles. The van der Waals surface area contributed by atoms with Crippen LogP contribution in [0.15, 0.2) is 81.5 Å². The summed E-state index contributed by atoms with van der Waals surface area (Å²) in [6.07, 6.45) is -4.74. The molecule has 0 aliphatic rings. The number of hydrogen-bond donors (Lipinski definition) is 2. The van der Waals surface area contributed by atoms with E-state index >= 15 is 0 Å². The van der Waals surface area contributed by atoms with Crippen LogP contribution < -0.4 is 10.0 Å². The molecule has 4 aromatic rings. The number of aromatic nitrogens is 1. The highest BCUT2D eigenvalue weighted by atomic mass is 79.9. The van der Waals surface area contributed by atoms with Crippen molar-refractivity contribution < 1.29 is 26.4 Å². The zero-order valence-electron chi connectivity index (χ0n) is 18.4. The first kappa shape index (κ1) is 25.9. The minimum absolute atomic E-state index is 0.0987.